The highest BCUT2D eigenvalue weighted by Gasteiger charge is 2.66. The second-order valence-electron chi connectivity index (χ2n) is 9.78. The zero-order valence-corrected chi connectivity index (χ0v) is 20.5. The number of hydrogen-bond donors (Lipinski definition) is 1. The molecule has 3 aliphatic rings. The van der Waals surface area contributed by atoms with Gasteiger partial charge in [0.15, 0.2) is 0 Å². The summed E-state index contributed by atoms with van der Waals surface area (Å²) in [5, 5.41) is 1.03. The first kappa shape index (κ1) is 23.1. The minimum absolute atomic E-state index is 0.137. The van der Waals surface area contributed by atoms with E-state index in [-0.39, 0.29) is 12.5 Å². The summed E-state index contributed by atoms with van der Waals surface area (Å²) < 4.78 is 41.5. The first-order chi connectivity index (χ1) is 16.3. The molecule has 180 valence electrons. The van der Waals surface area contributed by atoms with Gasteiger partial charge in [-0.3, -0.25) is 4.55 Å². The summed E-state index contributed by atoms with van der Waals surface area (Å²) in [6, 6.07) is 5.55. The Morgan fingerprint density at radius 1 is 1.26 bits per heavy atom. The van der Waals surface area contributed by atoms with Gasteiger partial charge in [0.25, 0.3) is 10.1 Å². The standard InChI is InChI=1S/C27H31NO5S/c1-4-9-20-19(5-2)25-24(17-10-7-6-8-11-17)21-13-12-18(26(29)33-3)14-23(21)28(25)16-27(15-22(20)27)34(30,31)32/h4-5,9,12-14,17,22H,2,6-8,10-11,15-16H2,1,3H3,(H,30,31,32)/b9-4-. The van der Waals surface area contributed by atoms with Crippen LogP contribution in [0.15, 0.2) is 48.6 Å². The van der Waals surface area contributed by atoms with E-state index in [2.05, 4.69) is 6.58 Å². The van der Waals surface area contributed by atoms with Gasteiger partial charge in [-0.05, 0) is 55.4 Å². The summed E-state index contributed by atoms with van der Waals surface area (Å²) in [6.45, 7) is 6.17. The molecule has 2 aliphatic carbocycles. The maximum Gasteiger partial charge on any atom is 0.337 e. The topological polar surface area (TPSA) is 85.6 Å². The zero-order chi connectivity index (χ0) is 24.3. The quantitative estimate of drug-likeness (QED) is 0.440. The summed E-state index contributed by atoms with van der Waals surface area (Å²) in [6.07, 6.45) is 11.7. The Labute approximate surface area is 200 Å². The fourth-order valence-corrected chi connectivity index (χ4v) is 7.45. The van der Waals surface area contributed by atoms with E-state index in [1.807, 2.05) is 35.8 Å². The van der Waals surface area contributed by atoms with Gasteiger partial charge < -0.3 is 9.30 Å². The van der Waals surface area contributed by atoms with Crippen molar-refractivity contribution in [2.45, 2.75) is 62.7 Å². The molecule has 2 atom stereocenters. The number of benzene rings is 1. The normalized spacial score (nSPS) is 25.2. The van der Waals surface area contributed by atoms with Crippen LogP contribution < -0.4 is 0 Å². The Morgan fingerprint density at radius 2 is 2.00 bits per heavy atom. The molecule has 1 aromatic heterocycles. The third-order valence-electron chi connectivity index (χ3n) is 7.99. The van der Waals surface area contributed by atoms with Crippen LogP contribution in [0.1, 0.15) is 73.0 Å². The highest BCUT2D eigenvalue weighted by atomic mass is 32.2. The number of aromatic nitrogens is 1. The maximum absolute atomic E-state index is 12.7. The number of fused-ring (bicyclic) bond motifs is 4. The van der Waals surface area contributed by atoms with Gasteiger partial charge in [-0.2, -0.15) is 8.42 Å². The van der Waals surface area contributed by atoms with Crippen LogP contribution in [0.2, 0.25) is 0 Å². The second kappa shape index (κ2) is 8.24. The molecule has 1 N–H and O–H groups in total. The van der Waals surface area contributed by atoms with Crippen molar-refractivity contribution in [2.24, 2.45) is 5.92 Å². The second-order valence-corrected chi connectivity index (χ2v) is 11.5. The molecular weight excluding hydrogens is 450 g/mol. The molecule has 1 aromatic carbocycles. The van der Waals surface area contributed by atoms with Crippen molar-refractivity contribution in [3.05, 3.63) is 65.4 Å². The number of esters is 1. The minimum atomic E-state index is -4.33. The summed E-state index contributed by atoms with van der Waals surface area (Å²) in [4.78, 5) is 12.4. The molecule has 34 heavy (non-hydrogen) atoms. The van der Waals surface area contributed by atoms with Gasteiger partial charge in [-0.1, -0.05) is 50.1 Å². The molecule has 0 amide bonds. The first-order valence-corrected chi connectivity index (χ1v) is 13.4. The van der Waals surface area contributed by atoms with Crippen LogP contribution in [0.4, 0.5) is 0 Å². The summed E-state index contributed by atoms with van der Waals surface area (Å²) in [7, 11) is -2.98. The lowest BCUT2D eigenvalue weighted by molar-refractivity contribution is 0.0601. The molecule has 1 aliphatic heterocycles. The van der Waals surface area contributed by atoms with Gasteiger partial charge in [0.2, 0.25) is 0 Å². The van der Waals surface area contributed by atoms with Gasteiger partial charge in [0.1, 0.15) is 4.75 Å². The highest BCUT2D eigenvalue weighted by Crippen LogP contribution is 2.60. The predicted octanol–water partition coefficient (Wildman–Crippen LogP) is 5.65. The summed E-state index contributed by atoms with van der Waals surface area (Å²) in [5.74, 6) is -0.396. The highest BCUT2D eigenvalue weighted by molar-refractivity contribution is 7.87. The number of nitrogens with zero attached hydrogens (tertiary/aromatic N) is 1. The first-order valence-electron chi connectivity index (χ1n) is 12.0. The van der Waals surface area contributed by atoms with E-state index in [0.29, 0.717) is 17.9 Å². The Bertz CT molecular complexity index is 1360. The van der Waals surface area contributed by atoms with Crippen molar-refractivity contribution < 1.29 is 22.5 Å². The number of ether oxygens (including phenoxy) is 1. The minimum Gasteiger partial charge on any atom is -0.465 e. The number of carbonyl (C=O) groups excluding carboxylic acids is 1. The zero-order valence-electron chi connectivity index (χ0n) is 19.7. The van der Waals surface area contributed by atoms with Crippen LogP contribution in [0.25, 0.3) is 16.5 Å². The maximum atomic E-state index is 12.7. The van der Waals surface area contributed by atoms with Crippen LogP contribution in [0.3, 0.4) is 0 Å². The molecule has 2 fully saturated rings. The average molecular weight is 482 g/mol. The van der Waals surface area contributed by atoms with Crippen molar-refractivity contribution >= 4 is 32.6 Å². The van der Waals surface area contributed by atoms with Crippen molar-refractivity contribution in [3.63, 3.8) is 0 Å². The Hall–Kier alpha value is -2.64. The van der Waals surface area contributed by atoms with Crippen LogP contribution in [-0.2, 0) is 21.4 Å². The number of rotatable bonds is 5. The molecule has 5 rings (SSSR count). The van der Waals surface area contributed by atoms with Gasteiger partial charge in [0, 0.05) is 28.9 Å². The van der Waals surface area contributed by atoms with Crippen molar-refractivity contribution in [1.29, 1.82) is 0 Å². The molecule has 7 heteroatoms. The summed E-state index contributed by atoms with van der Waals surface area (Å²) >= 11 is 0. The number of methoxy groups -OCH3 is 1. The van der Waals surface area contributed by atoms with Crippen molar-refractivity contribution in [3.8, 4) is 0 Å². The molecule has 2 aromatic rings. The van der Waals surface area contributed by atoms with E-state index in [0.717, 1.165) is 53.4 Å². The van der Waals surface area contributed by atoms with Crippen LogP contribution in [0, 0.1) is 5.92 Å². The smallest absolute Gasteiger partial charge is 0.337 e. The fourth-order valence-electron chi connectivity index (χ4n) is 6.29. The SMILES string of the molecule is C=CC1=C(/C=C\C)C2CC2(S(=O)(=O)O)Cn2c1c(C1CCCCC1)c1ccc(C(=O)OC)cc12. The van der Waals surface area contributed by atoms with E-state index in [1.54, 1.807) is 12.1 Å². The number of hydrogen-bond acceptors (Lipinski definition) is 4. The Morgan fingerprint density at radius 3 is 2.62 bits per heavy atom. The molecule has 0 saturated heterocycles. The fraction of sp³-hybridized carbons (Fsp3) is 0.444. The number of allylic oxidation sites excluding steroid dienone is 5. The lowest BCUT2D eigenvalue weighted by atomic mass is 9.81. The van der Waals surface area contributed by atoms with Crippen LogP contribution in [0.5, 0.6) is 0 Å². The van der Waals surface area contributed by atoms with Crippen LogP contribution in [-0.4, -0.2) is 35.4 Å². The van der Waals surface area contributed by atoms with Crippen LogP contribution >= 0.6 is 0 Å². The molecular formula is C27H31NO5S. The lowest BCUT2D eigenvalue weighted by Crippen LogP contribution is -2.30. The largest absolute Gasteiger partial charge is 0.465 e. The molecule has 2 unspecified atom stereocenters. The number of carbonyl (C=O) groups is 1. The van der Waals surface area contributed by atoms with Gasteiger partial charge in [0.05, 0.1) is 18.4 Å². The van der Waals surface area contributed by atoms with Gasteiger partial charge in [-0.25, -0.2) is 4.79 Å². The monoisotopic (exact) mass is 481 g/mol. The summed E-state index contributed by atoms with van der Waals surface area (Å²) in [5.41, 5.74) is 5.22. The molecule has 2 heterocycles. The third-order valence-corrected chi connectivity index (χ3v) is 9.60. The van der Waals surface area contributed by atoms with E-state index < -0.39 is 20.8 Å². The molecule has 2 saturated carbocycles. The van der Waals surface area contributed by atoms with E-state index in [4.69, 9.17) is 4.74 Å². The molecule has 6 nitrogen and oxygen atoms in total. The Kier molecular flexibility index (Phi) is 5.60. The van der Waals surface area contributed by atoms with E-state index in [9.17, 15) is 17.8 Å². The molecule has 0 bridgehead atoms. The third kappa shape index (κ3) is 3.32. The van der Waals surface area contributed by atoms with E-state index >= 15 is 0 Å². The Balaban J connectivity index is 1.89. The van der Waals surface area contributed by atoms with Crippen molar-refractivity contribution in [2.75, 3.05) is 7.11 Å². The van der Waals surface area contributed by atoms with E-state index in [1.165, 1.54) is 19.1 Å². The molecule has 0 spiro atoms. The van der Waals surface area contributed by atoms with Gasteiger partial charge >= 0.3 is 5.97 Å². The van der Waals surface area contributed by atoms with Crippen molar-refractivity contribution in [1.82, 2.24) is 4.57 Å². The lowest BCUT2D eigenvalue weighted by Gasteiger charge is -2.24. The average Bonchev–Trinajstić information content (AvgIpc) is 3.51. The molecule has 0 radical (unpaired) electrons. The van der Waals surface area contributed by atoms with Gasteiger partial charge in [-0.15, -0.1) is 0 Å². The predicted molar refractivity (Wildman–Crippen MR) is 133 cm³/mol.